The molecule has 0 bridgehead atoms. The van der Waals surface area contributed by atoms with Gasteiger partial charge in [-0.05, 0) is 35.6 Å². The van der Waals surface area contributed by atoms with E-state index in [0.29, 0.717) is 5.92 Å². The molecule has 1 rings (SSSR count). The number of aliphatic imine (C=N–C) groups is 2. The van der Waals surface area contributed by atoms with Gasteiger partial charge in [-0.2, -0.15) is 0 Å². The third-order valence-electron chi connectivity index (χ3n) is 1.97. The Balaban J connectivity index is 2.72. The van der Waals surface area contributed by atoms with E-state index in [9.17, 15) is 0 Å². The van der Waals surface area contributed by atoms with Crippen LogP contribution < -0.4 is 0 Å². The molecule has 1 aromatic carbocycles. The van der Waals surface area contributed by atoms with E-state index >= 15 is 0 Å². The predicted octanol–water partition coefficient (Wildman–Crippen LogP) is 4.79. The summed E-state index contributed by atoms with van der Waals surface area (Å²) in [6.07, 6.45) is 3.92. The van der Waals surface area contributed by atoms with E-state index in [1.54, 1.807) is 0 Å². The monoisotopic (exact) mass is 230 g/mol. The molecule has 0 saturated heterocycles. The Morgan fingerprint density at radius 3 is 1.82 bits per heavy atom. The summed E-state index contributed by atoms with van der Waals surface area (Å²) in [5.41, 5.74) is 2.07. The molecule has 92 valence electrons. The third kappa shape index (κ3) is 6.00. The molecular formula is C15H22N2. The summed E-state index contributed by atoms with van der Waals surface area (Å²) in [6, 6.07) is 7.98. The van der Waals surface area contributed by atoms with Gasteiger partial charge in [0.15, 0.2) is 0 Å². The highest BCUT2D eigenvalue weighted by atomic mass is 14.7. The molecule has 0 saturated carbocycles. The van der Waals surface area contributed by atoms with E-state index in [1.165, 1.54) is 0 Å². The van der Waals surface area contributed by atoms with Crippen LogP contribution >= 0.6 is 0 Å². The summed E-state index contributed by atoms with van der Waals surface area (Å²) in [7, 11) is 0. The zero-order valence-electron chi connectivity index (χ0n) is 11.4. The molecule has 0 heterocycles. The van der Waals surface area contributed by atoms with Crippen LogP contribution in [0.2, 0.25) is 0 Å². The summed E-state index contributed by atoms with van der Waals surface area (Å²) < 4.78 is 0. The average molecular weight is 230 g/mol. The maximum absolute atomic E-state index is 4.44. The number of benzene rings is 1. The van der Waals surface area contributed by atoms with Crippen molar-refractivity contribution < 1.29 is 0 Å². The van der Waals surface area contributed by atoms with Gasteiger partial charge < -0.3 is 0 Å². The first-order valence-corrected chi connectivity index (χ1v) is 6.06. The molecule has 2 heteroatoms. The standard InChI is InChI=1S/C15H22N2/c1-12(2)10-16-13-6-8-14(9-7-13)17-11-15(3,4)5/h6-12H,1-5H3. The van der Waals surface area contributed by atoms with E-state index in [4.69, 9.17) is 0 Å². The highest BCUT2D eigenvalue weighted by Crippen LogP contribution is 2.20. The van der Waals surface area contributed by atoms with Crippen molar-refractivity contribution in [3.05, 3.63) is 24.3 Å². The maximum Gasteiger partial charge on any atom is 0.0627 e. The lowest BCUT2D eigenvalue weighted by atomic mass is 9.99. The van der Waals surface area contributed by atoms with Gasteiger partial charge in [0.1, 0.15) is 0 Å². The van der Waals surface area contributed by atoms with Crippen molar-refractivity contribution in [2.45, 2.75) is 34.6 Å². The van der Waals surface area contributed by atoms with Crippen LogP contribution in [0, 0.1) is 11.3 Å². The fourth-order valence-corrected chi connectivity index (χ4v) is 1.13. The zero-order valence-corrected chi connectivity index (χ0v) is 11.4. The molecule has 0 aliphatic carbocycles. The fraction of sp³-hybridized carbons (Fsp3) is 0.467. The molecule has 0 aliphatic rings. The topological polar surface area (TPSA) is 24.7 Å². The van der Waals surface area contributed by atoms with Crippen molar-refractivity contribution >= 4 is 23.8 Å². The quantitative estimate of drug-likeness (QED) is 0.667. The van der Waals surface area contributed by atoms with Crippen LogP contribution in [-0.2, 0) is 0 Å². The van der Waals surface area contributed by atoms with Crippen molar-refractivity contribution in [3.8, 4) is 0 Å². The van der Waals surface area contributed by atoms with Gasteiger partial charge in [0, 0.05) is 12.4 Å². The van der Waals surface area contributed by atoms with Crippen LogP contribution in [0.3, 0.4) is 0 Å². The fourth-order valence-electron chi connectivity index (χ4n) is 1.13. The van der Waals surface area contributed by atoms with Gasteiger partial charge in [-0.15, -0.1) is 0 Å². The van der Waals surface area contributed by atoms with E-state index in [-0.39, 0.29) is 5.41 Å². The SMILES string of the molecule is CC(C)C=Nc1ccc(N=CC(C)(C)C)cc1. The zero-order chi connectivity index (χ0) is 12.9. The first kappa shape index (κ1) is 13.6. The Bertz CT molecular complexity index is 392. The lowest BCUT2D eigenvalue weighted by molar-refractivity contribution is 0.607. The van der Waals surface area contributed by atoms with Gasteiger partial charge in [-0.3, -0.25) is 9.98 Å². The Morgan fingerprint density at radius 2 is 1.41 bits per heavy atom. The predicted molar refractivity (Wildman–Crippen MR) is 77.0 cm³/mol. The van der Waals surface area contributed by atoms with Crippen molar-refractivity contribution in [3.63, 3.8) is 0 Å². The van der Waals surface area contributed by atoms with E-state index < -0.39 is 0 Å². The molecule has 0 unspecified atom stereocenters. The second-order valence-electron chi connectivity index (χ2n) is 5.66. The van der Waals surface area contributed by atoms with E-state index in [1.807, 2.05) is 36.7 Å². The van der Waals surface area contributed by atoms with Crippen LogP contribution in [0.5, 0.6) is 0 Å². The minimum atomic E-state index is 0.120. The molecule has 1 aromatic rings. The molecule has 0 radical (unpaired) electrons. The summed E-state index contributed by atoms with van der Waals surface area (Å²) in [6.45, 7) is 10.6. The molecule has 0 N–H and O–H groups in total. The van der Waals surface area contributed by atoms with Crippen LogP contribution in [0.25, 0.3) is 0 Å². The highest BCUT2D eigenvalue weighted by Gasteiger charge is 2.04. The van der Waals surface area contributed by atoms with Crippen molar-refractivity contribution in [2.75, 3.05) is 0 Å². The van der Waals surface area contributed by atoms with Gasteiger partial charge in [-0.1, -0.05) is 34.6 Å². The summed E-state index contributed by atoms with van der Waals surface area (Å²) in [5, 5.41) is 0. The average Bonchev–Trinajstić information content (AvgIpc) is 2.24. The lowest BCUT2D eigenvalue weighted by Crippen LogP contribution is -2.05. The van der Waals surface area contributed by atoms with Gasteiger partial charge in [0.05, 0.1) is 11.4 Å². The molecule has 0 aliphatic heterocycles. The Hall–Kier alpha value is -1.44. The molecule has 17 heavy (non-hydrogen) atoms. The first-order chi connectivity index (χ1) is 7.87. The smallest absolute Gasteiger partial charge is 0.0627 e. The molecule has 0 fully saturated rings. The second-order valence-corrected chi connectivity index (χ2v) is 5.66. The van der Waals surface area contributed by atoms with Gasteiger partial charge in [0.2, 0.25) is 0 Å². The van der Waals surface area contributed by atoms with E-state index in [2.05, 4.69) is 44.6 Å². The van der Waals surface area contributed by atoms with Crippen LogP contribution in [0.4, 0.5) is 11.4 Å². The minimum absolute atomic E-state index is 0.120. The van der Waals surface area contributed by atoms with Gasteiger partial charge in [0.25, 0.3) is 0 Å². The van der Waals surface area contributed by atoms with E-state index in [0.717, 1.165) is 11.4 Å². The molecule has 2 nitrogen and oxygen atoms in total. The molecule has 0 amide bonds. The second kappa shape index (κ2) is 5.76. The summed E-state index contributed by atoms with van der Waals surface area (Å²) in [4.78, 5) is 8.82. The van der Waals surface area contributed by atoms with Gasteiger partial charge in [-0.25, -0.2) is 0 Å². The van der Waals surface area contributed by atoms with Gasteiger partial charge >= 0.3 is 0 Å². The Labute approximate surface area is 105 Å². The molecule has 0 atom stereocenters. The van der Waals surface area contributed by atoms with Crippen LogP contribution in [-0.4, -0.2) is 12.4 Å². The highest BCUT2D eigenvalue weighted by molar-refractivity contribution is 5.69. The number of hydrogen-bond donors (Lipinski definition) is 0. The molecular weight excluding hydrogens is 208 g/mol. The number of nitrogens with zero attached hydrogens (tertiary/aromatic N) is 2. The van der Waals surface area contributed by atoms with Crippen LogP contribution in [0.1, 0.15) is 34.6 Å². The molecule has 0 spiro atoms. The normalized spacial score (nSPS) is 13.1. The minimum Gasteiger partial charge on any atom is -0.261 e. The van der Waals surface area contributed by atoms with Crippen molar-refractivity contribution in [1.82, 2.24) is 0 Å². The molecule has 0 aromatic heterocycles. The number of hydrogen-bond acceptors (Lipinski definition) is 2. The first-order valence-electron chi connectivity index (χ1n) is 6.06. The Morgan fingerprint density at radius 1 is 0.941 bits per heavy atom. The van der Waals surface area contributed by atoms with Crippen molar-refractivity contribution in [2.24, 2.45) is 21.3 Å². The van der Waals surface area contributed by atoms with Crippen molar-refractivity contribution in [1.29, 1.82) is 0 Å². The summed E-state index contributed by atoms with van der Waals surface area (Å²) >= 11 is 0. The largest absolute Gasteiger partial charge is 0.261 e. The lowest BCUT2D eigenvalue weighted by Gasteiger charge is -2.09. The summed E-state index contributed by atoms with van der Waals surface area (Å²) in [5.74, 6) is 0.480. The third-order valence-corrected chi connectivity index (χ3v) is 1.97. The maximum atomic E-state index is 4.44. The van der Waals surface area contributed by atoms with Crippen LogP contribution in [0.15, 0.2) is 34.3 Å². The number of rotatable bonds is 3. The Kier molecular flexibility index (Phi) is 4.62.